The summed E-state index contributed by atoms with van der Waals surface area (Å²) >= 11 is 0. The third-order valence-corrected chi connectivity index (χ3v) is 6.70. The fraction of sp³-hybridized carbons (Fsp3) is 0.696. The van der Waals surface area contributed by atoms with Crippen molar-refractivity contribution in [2.75, 3.05) is 46.4 Å². The molecule has 0 spiro atoms. The molecule has 154 valence electrons. The molecule has 5 heteroatoms. The van der Waals surface area contributed by atoms with E-state index in [1.54, 1.807) is 0 Å². The molecule has 3 fully saturated rings. The number of aryl methyl sites for hydroxylation is 1. The normalized spacial score (nSPS) is 29.4. The highest BCUT2D eigenvalue weighted by atomic mass is 16.5. The molecule has 0 aromatic heterocycles. The lowest BCUT2D eigenvalue weighted by Gasteiger charge is -2.33. The average molecular weight is 385 g/mol. The summed E-state index contributed by atoms with van der Waals surface area (Å²) in [6.45, 7) is 8.72. The van der Waals surface area contributed by atoms with Crippen LogP contribution in [0.2, 0.25) is 0 Å². The maximum absolute atomic E-state index is 6.19. The van der Waals surface area contributed by atoms with Crippen molar-refractivity contribution in [1.82, 2.24) is 15.1 Å². The molecule has 28 heavy (non-hydrogen) atoms. The summed E-state index contributed by atoms with van der Waals surface area (Å²) in [5.74, 6) is 1.56. The first kappa shape index (κ1) is 19.7. The molecule has 3 atom stereocenters. The lowest BCUT2D eigenvalue weighted by atomic mass is 9.89. The number of hydrogen-bond donors (Lipinski definition) is 1. The fourth-order valence-corrected chi connectivity index (χ4v) is 5.07. The number of benzene rings is 1. The first-order valence-corrected chi connectivity index (χ1v) is 11.1. The molecule has 3 heterocycles. The molecular weight excluding hydrogens is 348 g/mol. The van der Waals surface area contributed by atoms with E-state index in [2.05, 4.69) is 51.3 Å². The number of hydrogen-bond acceptors (Lipinski definition) is 3. The SMILES string of the molecule is CN=C(NCC1CCCOC1c1ccc(C)cc1)N1CCC(N2CCCC2)C1. The zero-order chi connectivity index (χ0) is 19.3. The molecule has 3 aliphatic rings. The molecule has 0 bridgehead atoms. The molecule has 0 amide bonds. The Kier molecular flexibility index (Phi) is 6.53. The number of aliphatic imine (C=N–C) groups is 1. The molecule has 1 N–H and O–H groups in total. The average Bonchev–Trinajstić information content (AvgIpc) is 3.42. The quantitative estimate of drug-likeness (QED) is 0.639. The zero-order valence-electron chi connectivity index (χ0n) is 17.6. The van der Waals surface area contributed by atoms with Crippen LogP contribution in [-0.2, 0) is 4.74 Å². The lowest BCUT2D eigenvalue weighted by molar-refractivity contribution is -0.0266. The van der Waals surface area contributed by atoms with Crippen molar-refractivity contribution in [3.8, 4) is 0 Å². The fourth-order valence-electron chi connectivity index (χ4n) is 5.07. The van der Waals surface area contributed by atoms with Crippen LogP contribution in [0.3, 0.4) is 0 Å². The van der Waals surface area contributed by atoms with Crippen LogP contribution in [0, 0.1) is 12.8 Å². The Balaban J connectivity index is 1.34. The summed E-state index contributed by atoms with van der Waals surface area (Å²) in [4.78, 5) is 9.73. The van der Waals surface area contributed by atoms with Gasteiger partial charge in [-0.2, -0.15) is 0 Å². The molecule has 0 aliphatic carbocycles. The molecule has 1 aromatic rings. The van der Waals surface area contributed by atoms with Gasteiger partial charge in [-0.15, -0.1) is 0 Å². The van der Waals surface area contributed by atoms with E-state index in [4.69, 9.17) is 4.74 Å². The van der Waals surface area contributed by atoms with Gasteiger partial charge in [0, 0.05) is 45.2 Å². The molecule has 3 saturated heterocycles. The summed E-state index contributed by atoms with van der Waals surface area (Å²) in [5.41, 5.74) is 2.61. The van der Waals surface area contributed by atoms with Crippen LogP contribution in [0.5, 0.6) is 0 Å². The Labute approximate surface area is 170 Å². The minimum absolute atomic E-state index is 0.191. The molecule has 3 unspecified atom stereocenters. The molecule has 4 rings (SSSR count). The number of nitrogens with zero attached hydrogens (tertiary/aromatic N) is 3. The van der Waals surface area contributed by atoms with Crippen molar-refractivity contribution >= 4 is 5.96 Å². The van der Waals surface area contributed by atoms with E-state index < -0.39 is 0 Å². The van der Waals surface area contributed by atoms with Gasteiger partial charge in [-0.05, 0) is 57.7 Å². The van der Waals surface area contributed by atoms with Crippen molar-refractivity contribution in [3.63, 3.8) is 0 Å². The summed E-state index contributed by atoms with van der Waals surface area (Å²) in [6.07, 6.45) is 6.54. The van der Waals surface area contributed by atoms with E-state index in [1.165, 1.54) is 49.9 Å². The van der Waals surface area contributed by atoms with Gasteiger partial charge in [0.15, 0.2) is 5.96 Å². The summed E-state index contributed by atoms with van der Waals surface area (Å²) in [7, 11) is 1.92. The molecule has 3 aliphatic heterocycles. The number of rotatable bonds is 4. The Hall–Kier alpha value is -1.59. The topological polar surface area (TPSA) is 40.1 Å². The van der Waals surface area contributed by atoms with Crippen LogP contribution in [0.1, 0.15) is 49.3 Å². The van der Waals surface area contributed by atoms with Gasteiger partial charge in [-0.25, -0.2) is 0 Å². The third kappa shape index (κ3) is 4.52. The largest absolute Gasteiger partial charge is 0.373 e. The number of ether oxygens (including phenoxy) is 1. The van der Waals surface area contributed by atoms with E-state index in [0.29, 0.717) is 12.0 Å². The first-order chi connectivity index (χ1) is 13.7. The highest BCUT2D eigenvalue weighted by Crippen LogP contribution is 2.33. The van der Waals surface area contributed by atoms with Gasteiger partial charge in [-0.3, -0.25) is 9.89 Å². The molecule has 0 saturated carbocycles. The Morgan fingerprint density at radius 1 is 1.11 bits per heavy atom. The van der Waals surface area contributed by atoms with Crippen LogP contribution in [0.15, 0.2) is 29.3 Å². The van der Waals surface area contributed by atoms with E-state index in [0.717, 1.165) is 38.6 Å². The molecule has 5 nitrogen and oxygen atoms in total. The van der Waals surface area contributed by atoms with Crippen molar-refractivity contribution in [2.24, 2.45) is 10.9 Å². The van der Waals surface area contributed by atoms with Crippen molar-refractivity contribution in [2.45, 2.75) is 51.2 Å². The van der Waals surface area contributed by atoms with Gasteiger partial charge >= 0.3 is 0 Å². The molecule has 1 aromatic carbocycles. The second-order valence-electron chi connectivity index (χ2n) is 8.66. The summed E-state index contributed by atoms with van der Waals surface area (Å²) in [5, 5.41) is 3.68. The third-order valence-electron chi connectivity index (χ3n) is 6.70. The predicted molar refractivity (Wildman–Crippen MR) is 115 cm³/mol. The second kappa shape index (κ2) is 9.27. The lowest BCUT2D eigenvalue weighted by Crippen LogP contribution is -2.45. The molecular formula is C23H36N4O. The second-order valence-corrected chi connectivity index (χ2v) is 8.66. The van der Waals surface area contributed by atoms with Gasteiger partial charge < -0.3 is 15.0 Å². The Morgan fingerprint density at radius 3 is 2.64 bits per heavy atom. The Morgan fingerprint density at radius 2 is 1.89 bits per heavy atom. The summed E-state index contributed by atoms with van der Waals surface area (Å²) < 4.78 is 6.19. The van der Waals surface area contributed by atoms with Crippen LogP contribution in [0.4, 0.5) is 0 Å². The zero-order valence-corrected chi connectivity index (χ0v) is 17.6. The summed E-state index contributed by atoms with van der Waals surface area (Å²) in [6, 6.07) is 9.56. The minimum atomic E-state index is 0.191. The van der Waals surface area contributed by atoms with Crippen molar-refractivity contribution in [3.05, 3.63) is 35.4 Å². The number of nitrogens with one attached hydrogen (secondary N) is 1. The van der Waals surface area contributed by atoms with Gasteiger partial charge in [0.05, 0.1) is 6.10 Å². The smallest absolute Gasteiger partial charge is 0.193 e. The number of guanidine groups is 1. The number of likely N-dealkylation sites (tertiary alicyclic amines) is 2. The van der Waals surface area contributed by atoms with Gasteiger partial charge in [0.25, 0.3) is 0 Å². The van der Waals surface area contributed by atoms with Gasteiger partial charge in [0.2, 0.25) is 0 Å². The van der Waals surface area contributed by atoms with E-state index in [1.807, 2.05) is 7.05 Å². The van der Waals surface area contributed by atoms with E-state index >= 15 is 0 Å². The van der Waals surface area contributed by atoms with Crippen LogP contribution in [0.25, 0.3) is 0 Å². The van der Waals surface area contributed by atoms with Crippen molar-refractivity contribution < 1.29 is 4.74 Å². The Bertz CT molecular complexity index is 653. The standard InChI is InChI=1S/C23H36N4O/c1-18-7-9-19(10-8-18)22-20(6-5-15-28-22)16-25-23(24-2)27-14-11-21(17-27)26-12-3-4-13-26/h7-10,20-22H,3-6,11-17H2,1-2H3,(H,24,25). The van der Waals surface area contributed by atoms with Crippen LogP contribution >= 0.6 is 0 Å². The monoisotopic (exact) mass is 384 g/mol. The highest BCUT2D eigenvalue weighted by molar-refractivity contribution is 5.80. The first-order valence-electron chi connectivity index (χ1n) is 11.1. The van der Waals surface area contributed by atoms with E-state index in [-0.39, 0.29) is 6.10 Å². The molecule has 0 radical (unpaired) electrons. The predicted octanol–water partition coefficient (Wildman–Crippen LogP) is 3.21. The maximum atomic E-state index is 6.19. The van der Waals surface area contributed by atoms with Gasteiger partial charge in [-0.1, -0.05) is 29.8 Å². The van der Waals surface area contributed by atoms with Crippen molar-refractivity contribution in [1.29, 1.82) is 0 Å². The minimum Gasteiger partial charge on any atom is -0.373 e. The van der Waals surface area contributed by atoms with Crippen LogP contribution in [-0.4, -0.2) is 68.2 Å². The van der Waals surface area contributed by atoms with E-state index in [9.17, 15) is 0 Å². The maximum Gasteiger partial charge on any atom is 0.193 e. The van der Waals surface area contributed by atoms with Crippen LogP contribution < -0.4 is 5.32 Å². The van der Waals surface area contributed by atoms with Gasteiger partial charge in [0.1, 0.15) is 0 Å². The highest BCUT2D eigenvalue weighted by Gasteiger charge is 2.32.